The third-order valence-corrected chi connectivity index (χ3v) is 7.78. The van der Waals surface area contributed by atoms with Crippen LogP contribution in [-0.2, 0) is 9.59 Å². The molecule has 208 valence electrons. The Labute approximate surface area is 252 Å². The highest BCUT2D eigenvalue weighted by Gasteiger charge is 2.20. The van der Waals surface area contributed by atoms with E-state index in [9.17, 15) is 14.4 Å². The van der Waals surface area contributed by atoms with Crippen molar-refractivity contribution < 1.29 is 14.4 Å². The van der Waals surface area contributed by atoms with Crippen LogP contribution in [0.5, 0.6) is 0 Å². The highest BCUT2D eigenvalue weighted by atomic mass is 35.5. The van der Waals surface area contributed by atoms with Crippen LogP contribution in [0.2, 0.25) is 10.0 Å². The largest absolute Gasteiger partial charge is 0.321 e. The molecule has 10 heteroatoms. The SMILES string of the molecule is CCC(Sc1cccc(NC(=O)/C(=C\c2c(Cl)cccc2Cl)NC(=O)c2ccccc2)c1)C(=O)Nc1ccccn1. The second-order valence-corrected chi connectivity index (χ2v) is 10.8. The van der Waals surface area contributed by atoms with E-state index in [1.54, 1.807) is 91.1 Å². The Kier molecular flexibility index (Phi) is 10.6. The maximum absolute atomic E-state index is 13.4. The van der Waals surface area contributed by atoms with Crippen LogP contribution in [0.25, 0.3) is 6.08 Å². The molecule has 4 rings (SSSR count). The van der Waals surface area contributed by atoms with E-state index in [2.05, 4.69) is 20.9 Å². The standard InChI is InChI=1S/C31H26Cl2N4O3S/c1-2-27(31(40)37-28-16-6-7-17-34-28)41-22-13-8-12-21(18-22)35-30(39)26(19-23-24(32)14-9-15-25(23)33)36-29(38)20-10-4-3-5-11-20/h3-19,27H,2H2,1H3,(H,35,39)(H,36,38)(H,34,37,40)/b26-19+. The van der Waals surface area contributed by atoms with Crippen molar-refractivity contribution in [2.75, 3.05) is 10.6 Å². The number of amides is 3. The van der Waals surface area contributed by atoms with Gasteiger partial charge in [-0.25, -0.2) is 4.98 Å². The Bertz CT molecular complexity index is 1550. The fraction of sp³-hybridized carbons (Fsp3) is 0.0968. The van der Waals surface area contributed by atoms with E-state index in [1.165, 1.54) is 17.8 Å². The normalized spacial score (nSPS) is 11.8. The number of benzene rings is 3. The summed E-state index contributed by atoms with van der Waals surface area (Å²) in [6.07, 6.45) is 3.63. The maximum atomic E-state index is 13.4. The first kappa shape index (κ1) is 29.9. The van der Waals surface area contributed by atoms with Crippen LogP contribution in [0.1, 0.15) is 29.3 Å². The van der Waals surface area contributed by atoms with Crippen LogP contribution in [0.4, 0.5) is 11.5 Å². The fourth-order valence-electron chi connectivity index (χ4n) is 3.71. The molecular weight excluding hydrogens is 579 g/mol. The summed E-state index contributed by atoms with van der Waals surface area (Å²) in [5.41, 5.74) is 1.20. The summed E-state index contributed by atoms with van der Waals surface area (Å²) in [6.45, 7) is 1.92. The molecule has 1 heterocycles. The van der Waals surface area contributed by atoms with Crippen LogP contribution in [-0.4, -0.2) is 28.0 Å². The minimum atomic E-state index is -0.577. The highest BCUT2D eigenvalue weighted by molar-refractivity contribution is 8.00. The molecule has 0 saturated heterocycles. The Balaban J connectivity index is 1.53. The van der Waals surface area contributed by atoms with Crippen molar-refractivity contribution in [3.63, 3.8) is 0 Å². The molecule has 7 nitrogen and oxygen atoms in total. The van der Waals surface area contributed by atoms with Gasteiger partial charge in [0.2, 0.25) is 5.91 Å². The number of hydrogen-bond acceptors (Lipinski definition) is 5. The lowest BCUT2D eigenvalue weighted by Crippen LogP contribution is -2.30. The van der Waals surface area contributed by atoms with Crippen molar-refractivity contribution in [1.29, 1.82) is 0 Å². The lowest BCUT2D eigenvalue weighted by molar-refractivity contribution is -0.116. The maximum Gasteiger partial charge on any atom is 0.272 e. The number of pyridine rings is 1. The predicted octanol–water partition coefficient (Wildman–Crippen LogP) is 7.31. The zero-order chi connectivity index (χ0) is 29.2. The van der Waals surface area contributed by atoms with Crippen molar-refractivity contribution in [2.24, 2.45) is 0 Å². The van der Waals surface area contributed by atoms with Crippen molar-refractivity contribution in [3.8, 4) is 0 Å². The molecule has 0 aliphatic rings. The summed E-state index contributed by atoms with van der Waals surface area (Å²) >= 11 is 14.0. The minimum absolute atomic E-state index is 0.0481. The number of rotatable bonds is 10. The predicted molar refractivity (Wildman–Crippen MR) is 166 cm³/mol. The molecular formula is C31H26Cl2N4O3S. The van der Waals surface area contributed by atoms with Crippen LogP contribution >= 0.6 is 35.0 Å². The Morgan fingerprint density at radius 3 is 2.27 bits per heavy atom. The smallest absolute Gasteiger partial charge is 0.272 e. The molecule has 1 unspecified atom stereocenters. The van der Waals surface area contributed by atoms with Gasteiger partial charge >= 0.3 is 0 Å². The van der Waals surface area contributed by atoms with E-state index in [-0.39, 0.29) is 16.9 Å². The van der Waals surface area contributed by atoms with E-state index in [0.29, 0.717) is 39.1 Å². The highest BCUT2D eigenvalue weighted by Crippen LogP contribution is 2.29. The first-order valence-corrected chi connectivity index (χ1v) is 14.3. The zero-order valence-electron chi connectivity index (χ0n) is 21.9. The van der Waals surface area contributed by atoms with E-state index >= 15 is 0 Å². The van der Waals surface area contributed by atoms with Gasteiger partial charge in [0.25, 0.3) is 11.8 Å². The Morgan fingerprint density at radius 1 is 0.878 bits per heavy atom. The Morgan fingerprint density at radius 2 is 1.59 bits per heavy atom. The van der Waals surface area contributed by atoms with E-state index in [4.69, 9.17) is 23.2 Å². The lowest BCUT2D eigenvalue weighted by atomic mass is 10.1. The summed E-state index contributed by atoms with van der Waals surface area (Å²) in [6, 6.07) is 25.9. The Hall–Kier alpha value is -4.11. The summed E-state index contributed by atoms with van der Waals surface area (Å²) in [5, 5.41) is 8.60. The summed E-state index contributed by atoms with van der Waals surface area (Å²) < 4.78 is 0. The average molecular weight is 606 g/mol. The van der Waals surface area contributed by atoms with Gasteiger partial charge in [-0.05, 0) is 67.1 Å². The van der Waals surface area contributed by atoms with Gasteiger partial charge in [0.1, 0.15) is 11.5 Å². The molecule has 3 amide bonds. The number of carbonyl (C=O) groups is 3. The monoisotopic (exact) mass is 604 g/mol. The number of nitrogens with zero attached hydrogens (tertiary/aromatic N) is 1. The van der Waals surface area contributed by atoms with Gasteiger partial charge in [-0.15, -0.1) is 11.8 Å². The van der Waals surface area contributed by atoms with Gasteiger partial charge in [-0.2, -0.15) is 0 Å². The molecule has 0 aliphatic carbocycles. The number of thioether (sulfide) groups is 1. The zero-order valence-corrected chi connectivity index (χ0v) is 24.3. The number of anilines is 2. The third-order valence-electron chi connectivity index (χ3n) is 5.77. The van der Waals surface area contributed by atoms with Crippen molar-refractivity contribution in [2.45, 2.75) is 23.5 Å². The van der Waals surface area contributed by atoms with Crippen molar-refractivity contribution in [1.82, 2.24) is 10.3 Å². The molecule has 3 aromatic carbocycles. The molecule has 0 fully saturated rings. The molecule has 3 N–H and O–H groups in total. The van der Waals surface area contributed by atoms with E-state index in [1.807, 2.05) is 13.0 Å². The van der Waals surface area contributed by atoms with Crippen LogP contribution in [0.3, 0.4) is 0 Å². The second kappa shape index (κ2) is 14.5. The van der Waals surface area contributed by atoms with Crippen LogP contribution in [0, 0.1) is 0 Å². The van der Waals surface area contributed by atoms with Gasteiger partial charge in [0.15, 0.2) is 0 Å². The molecule has 0 radical (unpaired) electrons. The van der Waals surface area contributed by atoms with Crippen LogP contribution in [0.15, 0.2) is 108 Å². The average Bonchev–Trinajstić information content (AvgIpc) is 2.98. The first-order chi connectivity index (χ1) is 19.8. The molecule has 1 aromatic heterocycles. The van der Waals surface area contributed by atoms with Crippen molar-refractivity contribution in [3.05, 3.63) is 124 Å². The van der Waals surface area contributed by atoms with Gasteiger partial charge in [0, 0.05) is 38.0 Å². The summed E-state index contributed by atoms with van der Waals surface area (Å²) in [7, 11) is 0. The van der Waals surface area contributed by atoms with Crippen molar-refractivity contribution >= 4 is 70.3 Å². The molecule has 0 saturated carbocycles. The number of aromatic nitrogens is 1. The number of hydrogen-bond donors (Lipinski definition) is 3. The molecule has 0 bridgehead atoms. The van der Waals surface area contributed by atoms with Gasteiger partial charge in [0.05, 0.1) is 5.25 Å². The van der Waals surface area contributed by atoms with Gasteiger partial charge in [-0.3, -0.25) is 14.4 Å². The minimum Gasteiger partial charge on any atom is -0.321 e. The molecule has 0 spiro atoms. The second-order valence-electron chi connectivity index (χ2n) is 8.71. The quantitative estimate of drug-likeness (QED) is 0.130. The van der Waals surface area contributed by atoms with E-state index in [0.717, 1.165) is 4.90 Å². The molecule has 0 aliphatic heterocycles. The number of carbonyl (C=O) groups excluding carboxylic acids is 3. The van der Waals surface area contributed by atoms with E-state index < -0.39 is 11.8 Å². The lowest BCUT2D eigenvalue weighted by Gasteiger charge is -2.16. The summed E-state index contributed by atoms with van der Waals surface area (Å²) in [4.78, 5) is 44.1. The van der Waals surface area contributed by atoms with Crippen LogP contribution < -0.4 is 16.0 Å². The topological polar surface area (TPSA) is 100 Å². The molecule has 1 atom stereocenters. The summed E-state index contributed by atoms with van der Waals surface area (Å²) in [5.74, 6) is -0.735. The molecule has 4 aromatic rings. The van der Waals surface area contributed by atoms with Gasteiger partial charge < -0.3 is 16.0 Å². The number of halogens is 2. The third kappa shape index (κ3) is 8.44. The van der Waals surface area contributed by atoms with Gasteiger partial charge in [-0.1, -0.05) is 66.5 Å². The fourth-order valence-corrected chi connectivity index (χ4v) is 5.23. The first-order valence-electron chi connectivity index (χ1n) is 12.7. The molecule has 41 heavy (non-hydrogen) atoms. The number of nitrogens with one attached hydrogen (secondary N) is 3.